The molecule has 3 saturated carbocycles. The number of allylic oxidation sites excluding steroid dienone is 4. The fraction of sp³-hybridized carbons (Fsp3) is 0.739. The van der Waals surface area contributed by atoms with Crippen LogP contribution in [0.5, 0.6) is 0 Å². The summed E-state index contributed by atoms with van der Waals surface area (Å²) in [5, 5.41) is 32.1. The molecule has 0 aliphatic heterocycles. The van der Waals surface area contributed by atoms with Crippen LogP contribution in [0.4, 0.5) is 0 Å². The maximum Gasteiger partial charge on any atom is 0.190 e. The van der Waals surface area contributed by atoms with Gasteiger partial charge < -0.3 is 15.3 Å². The van der Waals surface area contributed by atoms with E-state index in [2.05, 4.69) is 13.8 Å². The van der Waals surface area contributed by atoms with Crippen molar-refractivity contribution in [3.63, 3.8) is 0 Å². The second kappa shape index (κ2) is 6.35. The molecule has 0 heterocycles. The van der Waals surface area contributed by atoms with E-state index in [1.807, 2.05) is 6.92 Å². The normalized spacial score (nSPS) is 47.6. The highest BCUT2D eigenvalue weighted by Crippen LogP contribution is 2.68. The van der Waals surface area contributed by atoms with E-state index in [-0.39, 0.29) is 29.0 Å². The largest absolute Gasteiger partial charge is 0.393 e. The maximum atomic E-state index is 12.5. The first kappa shape index (κ1) is 20.0. The Bertz CT molecular complexity index is 764. The summed E-state index contributed by atoms with van der Waals surface area (Å²) in [6, 6.07) is 0. The highest BCUT2D eigenvalue weighted by atomic mass is 16.3. The number of hydrogen-bond donors (Lipinski definition) is 3. The van der Waals surface area contributed by atoms with Gasteiger partial charge in [-0.15, -0.1) is 0 Å². The molecule has 28 heavy (non-hydrogen) atoms. The molecule has 4 aliphatic rings. The Morgan fingerprint density at radius 2 is 1.96 bits per heavy atom. The summed E-state index contributed by atoms with van der Waals surface area (Å²) in [5.41, 5.74) is -0.423. The third kappa shape index (κ3) is 2.30. The van der Waals surface area contributed by atoms with Crippen molar-refractivity contribution < 1.29 is 24.9 Å². The fourth-order valence-corrected chi connectivity index (χ4v) is 7.60. The number of hydrogen-bond acceptors (Lipinski definition) is 5. The van der Waals surface area contributed by atoms with Crippen LogP contribution in [0.25, 0.3) is 0 Å². The number of carbonyl (C=O) groups excluding carboxylic acids is 2. The Balaban J connectivity index is 1.78. The SMILES string of the molecule is CCC1=CC(=O)C=C2CC[C@@H]3[C@H](C(O)C[C@@]4(C)[C@H]3CC[C@]4(O)C(=O)CO)[C@@]12C. The molecule has 3 fully saturated rings. The van der Waals surface area contributed by atoms with Crippen LogP contribution in [0.3, 0.4) is 0 Å². The van der Waals surface area contributed by atoms with Crippen LogP contribution < -0.4 is 0 Å². The molecule has 0 saturated heterocycles. The van der Waals surface area contributed by atoms with Crippen LogP contribution in [0, 0.1) is 28.6 Å². The summed E-state index contributed by atoms with van der Waals surface area (Å²) in [7, 11) is 0. The molecule has 4 aliphatic carbocycles. The number of Topliss-reactive ketones (excluding diaryl/α,β-unsaturated/α-hetero) is 1. The molecule has 0 bridgehead atoms. The smallest absolute Gasteiger partial charge is 0.190 e. The molecule has 154 valence electrons. The van der Waals surface area contributed by atoms with Crippen LogP contribution in [-0.2, 0) is 9.59 Å². The van der Waals surface area contributed by atoms with Crippen LogP contribution in [0.1, 0.15) is 59.3 Å². The highest BCUT2D eigenvalue weighted by Gasteiger charge is 2.68. The average Bonchev–Trinajstić information content (AvgIpc) is 2.92. The van der Waals surface area contributed by atoms with Gasteiger partial charge in [0.15, 0.2) is 11.6 Å². The van der Waals surface area contributed by atoms with Crippen LogP contribution in [0.15, 0.2) is 23.3 Å². The number of carbonyl (C=O) groups is 2. The van der Waals surface area contributed by atoms with Crippen molar-refractivity contribution in [3.05, 3.63) is 23.3 Å². The van der Waals surface area contributed by atoms with E-state index in [1.54, 1.807) is 12.2 Å². The number of aliphatic hydroxyl groups is 3. The molecular formula is C23H32O5. The number of aliphatic hydroxyl groups excluding tert-OH is 2. The van der Waals surface area contributed by atoms with Gasteiger partial charge in [0, 0.05) is 16.7 Å². The van der Waals surface area contributed by atoms with Crippen LogP contribution >= 0.6 is 0 Å². The zero-order chi connectivity index (χ0) is 20.5. The van der Waals surface area contributed by atoms with Gasteiger partial charge in [0.25, 0.3) is 0 Å². The van der Waals surface area contributed by atoms with E-state index in [9.17, 15) is 24.9 Å². The van der Waals surface area contributed by atoms with E-state index in [1.165, 1.54) is 0 Å². The van der Waals surface area contributed by atoms with E-state index in [0.717, 1.165) is 36.8 Å². The third-order valence-electron chi connectivity index (χ3n) is 8.97. The quantitative estimate of drug-likeness (QED) is 0.690. The maximum absolute atomic E-state index is 12.5. The molecular weight excluding hydrogens is 356 g/mol. The zero-order valence-corrected chi connectivity index (χ0v) is 17.1. The van der Waals surface area contributed by atoms with E-state index < -0.39 is 29.5 Å². The zero-order valence-electron chi connectivity index (χ0n) is 17.1. The standard InChI is InChI=1S/C23H32O5/c1-4-13-9-15(25)10-14-5-6-16-17-7-8-23(28,19(27)12-24)21(17,2)11-18(26)20(16)22(13,14)3/h9-10,16-18,20,24,26,28H,4-8,11-12H2,1-3H3/t16-,17-,18?,20+,21-,22-,23-/m0/s1. The van der Waals surface area contributed by atoms with E-state index >= 15 is 0 Å². The van der Waals surface area contributed by atoms with E-state index in [0.29, 0.717) is 12.8 Å². The van der Waals surface area contributed by atoms with Gasteiger partial charge >= 0.3 is 0 Å². The predicted octanol–water partition coefficient (Wildman–Crippen LogP) is 2.34. The van der Waals surface area contributed by atoms with Gasteiger partial charge in [0.05, 0.1) is 6.10 Å². The fourth-order valence-electron chi connectivity index (χ4n) is 7.60. The molecule has 0 amide bonds. The topological polar surface area (TPSA) is 94.8 Å². The molecule has 0 radical (unpaired) electrons. The molecule has 1 unspecified atom stereocenters. The molecule has 3 N–H and O–H groups in total. The van der Waals surface area contributed by atoms with Crippen molar-refractivity contribution in [2.45, 2.75) is 71.0 Å². The Morgan fingerprint density at radius 3 is 2.61 bits per heavy atom. The minimum Gasteiger partial charge on any atom is -0.393 e. The van der Waals surface area contributed by atoms with E-state index in [4.69, 9.17) is 0 Å². The third-order valence-corrected chi connectivity index (χ3v) is 8.97. The summed E-state index contributed by atoms with van der Waals surface area (Å²) in [6.07, 6.45) is 6.69. The monoisotopic (exact) mass is 388 g/mol. The van der Waals surface area contributed by atoms with Crippen molar-refractivity contribution in [2.24, 2.45) is 28.6 Å². The van der Waals surface area contributed by atoms with Crippen molar-refractivity contribution in [3.8, 4) is 0 Å². The second-order valence-corrected chi connectivity index (χ2v) is 9.80. The first-order valence-electron chi connectivity index (χ1n) is 10.6. The second-order valence-electron chi connectivity index (χ2n) is 9.80. The molecule has 0 aromatic carbocycles. The van der Waals surface area contributed by atoms with Crippen LogP contribution in [0.2, 0.25) is 0 Å². The van der Waals surface area contributed by atoms with Gasteiger partial charge in [-0.1, -0.05) is 31.9 Å². The predicted molar refractivity (Wildman–Crippen MR) is 104 cm³/mol. The summed E-state index contributed by atoms with van der Waals surface area (Å²) < 4.78 is 0. The highest BCUT2D eigenvalue weighted by molar-refractivity contribution is 6.02. The van der Waals surface area contributed by atoms with Gasteiger partial charge in [-0.25, -0.2) is 0 Å². The van der Waals surface area contributed by atoms with Crippen molar-refractivity contribution in [1.82, 2.24) is 0 Å². The van der Waals surface area contributed by atoms with Gasteiger partial charge in [-0.05, 0) is 62.5 Å². The summed E-state index contributed by atoms with van der Waals surface area (Å²) in [4.78, 5) is 24.6. The molecule has 0 aromatic rings. The van der Waals surface area contributed by atoms with Gasteiger partial charge in [-0.2, -0.15) is 0 Å². The lowest BCUT2D eigenvalue weighted by Gasteiger charge is -2.60. The van der Waals surface area contributed by atoms with Gasteiger partial charge in [0.2, 0.25) is 0 Å². The molecule has 4 rings (SSSR count). The van der Waals surface area contributed by atoms with Gasteiger partial charge in [0.1, 0.15) is 12.2 Å². The Morgan fingerprint density at radius 1 is 1.25 bits per heavy atom. The summed E-state index contributed by atoms with van der Waals surface area (Å²) in [6.45, 7) is 5.48. The summed E-state index contributed by atoms with van der Waals surface area (Å²) >= 11 is 0. The molecule has 5 nitrogen and oxygen atoms in total. The number of ketones is 2. The van der Waals surface area contributed by atoms with Crippen LogP contribution in [-0.4, -0.2) is 45.2 Å². The lowest BCUT2D eigenvalue weighted by molar-refractivity contribution is -0.179. The first-order chi connectivity index (χ1) is 13.1. The van der Waals surface area contributed by atoms with Crippen molar-refractivity contribution in [2.75, 3.05) is 6.61 Å². The Kier molecular flexibility index (Phi) is 4.53. The average molecular weight is 389 g/mol. The summed E-state index contributed by atoms with van der Waals surface area (Å²) in [5.74, 6) is -0.198. The molecule has 7 atom stereocenters. The minimum absolute atomic E-state index is 0.0172. The lowest BCUT2D eigenvalue weighted by Crippen LogP contribution is -2.62. The first-order valence-corrected chi connectivity index (χ1v) is 10.6. The number of fused-ring (bicyclic) bond motifs is 5. The molecule has 5 heteroatoms. The van der Waals surface area contributed by atoms with Crippen molar-refractivity contribution in [1.29, 1.82) is 0 Å². The Hall–Kier alpha value is -1.30. The van der Waals surface area contributed by atoms with Gasteiger partial charge in [-0.3, -0.25) is 9.59 Å². The van der Waals surface area contributed by atoms with Crippen molar-refractivity contribution >= 4 is 11.6 Å². The lowest BCUT2D eigenvalue weighted by atomic mass is 9.44. The molecule has 0 spiro atoms. The minimum atomic E-state index is -1.57. The number of rotatable bonds is 3. The Labute approximate surface area is 166 Å². The molecule has 0 aromatic heterocycles.